The fourth-order valence-electron chi connectivity index (χ4n) is 1.36. The smallest absolute Gasteiger partial charge is 0.220 e. The molecule has 1 amide bonds. The van der Waals surface area contributed by atoms with E-state index in [1.54, 1.807) is 12.3 Å². The molecule has 4 nitrogen and oxygen atoms in total. The van der Waals surface area contributed by atoms with E-state index in [1.165, 1.54) is 0 Å². The summed E-state index contributed by atoms with van der Waals surface area (Å²) in [7, 11) is 0. The number of nitrogens with two attached hydrogens (primary N) is 1. The summed E-state index contributed by atoms with van der Waals surface area (Å²) in [6.45, 7) is 5.72. The van der Waals surface area contributed by atoms with E-state index in [0.717, 1.165) is 5.76 Å². The van der Waals surface area contributed by atoms with Crippen molar-refractivity contribution in [3.63, 3.8) is 0 Å². The fourth-order valence-corrected chi connectivity index (χ4v) is 1.36. The molecule has 1 unspecified atom stereocenters. The third-order valence-electron chi connectivity index (χ3n) is 2.34. The van der Waals surface area contributed by atoms with Crippen LogP contribution in [-0.2, 0) is 4.79 Å². The van der Waals surface area contributed by atoms with Gasteiger partial charge in [0.05, 0.1) is 12.3 Å². The molecule has 0 spiro atoms. The van der Waals surface area contributed by atoms with Crippen LogP contribution in [0.1, 0.15) is 45.4 Å². The molecule has 1 aromatic rings. The van der Waals surface area contributed by atoms with Crippen LogP contribution in [0.25, 0.3) is 0 Å². The number of carbonyl (C=O) groups excluding carboxylic acids is 1. The molecule has 90 valence electrons. The van der Waals surface area contributed by atoms with Gasteiger partial charge in [-0.15, -0.1) is 0 Å². The lowest BCUT2D eigenvalue weighted by Gasteiger charge is -2.18. The first-order chi connectivity index (χ1) is 7.38. The zero-order chi connectivity index (χ0) is 12.2. The van der Waals surface area contributed by atoms with Crippen LogP contribution < -0.4 is 11.1 Å². The van der Waals surface area contributed by atoms with Crippen LogP contribution in [0.2, 0.25) is 0 Å². The summed E-state index contributed by atoms with van der Waals surface area (Å²) in [4.78, 5) is 11.6. The van der Waals surface area contributed by atoms with E-state index in [0.29, 0.717) is 12.8 Å². The van der Waals surface area contributed by atoms with E-state index in [1.807, 2.05) is 26.8 Å². The topological polar surface area (TPSA) is 68.3 Å². The standard InChI is InChI=1S/C12H20N2O2/c1-9(10-5-4-8-16-10)14-11(15)6-7-12(2,3)13/h4-5,8-9H,6-7,13H2,1-3H3,(H,14,15). The lowest BCUT2D eigenvalue weighted by atomic mass is 10.00. The maximum atomic E-state index is 11.6. The number of nitrogens with one attached hydrogen (secondary N) is 1. The number of furan rings is 1. The first-order valence-electron chi connectivity index (χ1n) is 5.50. The molecule has 0 aliphatic heterocycles. The van der Waals surface area contributed by atoms with Gasteiger partial charge in [0.15, 0.2) is 0 Å². The number of hydrogen-bond donors (Lipinski definition) is 2. The quantitative estimate of drug-likeness (QED) is 0.803. The van der Waals surface area contributed by atoms with E-state index in [-0.39, 0.29) is 17.5 Å². The average Bonchev–Trinajstić information content (AvgIpc) is 2.66. The first-order valence-corrected chi connectivity index (χ1v) is 5.50. The van der Waals surface area contributed by atoms with Crippen molar-refractivity contribution in [2.24, 2.45) is 5.73 Å². The first kappa shape index (κ1) is 12.8. The van der Waals surface area contributed by atoms with Crippen LogP contribution in [0.5, 0.6) is 0 Å². The van der Waals surface area contributed by atoms with Crippen molar-refractivity contribution in [3.05, 3.63) is 24.2 Å². The summed E-state index contributed by atoms with van der Waals surface area (Å²) in [6, 6.07) is 3.56. The van der Waals surface area contributed by atoms with Crippen LogP contribution in [0.3, 0.4) is 0 Å². The summed E-state index contributed by atoms with van der Waals surface area (Å²) in [5.41, 5.74) is 5.51. The van der Waals surface area contributed by atoms with Crippen LogP contribution in [-0.4, -0.2) is 11.4 Å². The van der Waals surface area contributed by atoms with Gasteiger partial charge in [0.2, 0.25) is 5.91 Å². The maximum absolute atomic E-state index is 11.6. The molecule has 0 saturated carbocycles. The molecule has 0 saturated heterocycles. The van der Waals surface area contributed by atoms with E-state index >= 15 is 0 Å². The van der Waals surface area contributed by atoms with Crippen molar-refractivity contribution < 1.29 is 9.21 Å². The number of amides is 1. The lowest BCUT2D eigenvalue weighted by Crippen LogP contribution is -2.35. The average molecular weight is 224 g/mol. The molecule has 0 aliphatic rings. The van der Waals surface area contributed by atoms with Gasteiger partial charge in [0, 0.05) is 12.0 Å². The Morgan fingerprint density at radius 2 is 2.31 bits per heavy atom. The predicted octanol–water partition coefficient (Wildman–Crippen LogP) is 1.97. The van der Waals surface area contributed by atoms with Crippen LogP contribution in [0.15, 0.2) is 22.8 Å². The largest absolute Gasteiger partial charge is 0.467 e. The molecule has 1 heterocycles. The lowest BCUT2D eigenvalue weighted by molar-refractivity contribution is -0.122. The molecule has 4 heteroatoms. The SMILES string of the molecule is CC(NC(=O)CCC(C)(C)N)c1ccco1. The van der Waals surface area contributed by atoms with Gasteiger partial charge < -0.3 is 15.5 Å². The third kappa shape index (κ3) is 4.49. The van der Waals surface area contributed by atoms with Crippen LogP contribution in [0.4, 0.5) is 0 Å². The van der Waals surface area contributed by atoms with E-state index in [4.69, 9.17) is 10.2 Å². The van der Waals surface area contributed by atoms with Gasteiger partial charge in [0.1, 0.15) is 5.76 Å². The van der Waals surface area contributed by atoms with Crippen molar-refractivity contribution >= 4 is 5.91 Å². The maximum Gasteiger partial charge on any atom is 0.220 e. The molecule has 1 atom stereocenters. The number of rotatable bonds is 5. The van der Waals surface area contributed by atoms with Crippen molar-refractivity contribution in [2.45, 2.75) is 45.2 Å². The van der Waals surface area contributed by atoms with Crippen molar-refractivity contribution in [2.75, 3.05) is 0 Å². The van der Waals surface area contributed by atoms with Gasteiger partial charge in [-0.2, -0.15) is 0 Å². The molecule has 0 aliphatic carbocycles. The minimum atomic E-state index is -0.300. The summed E-state index contributed by atoms with van der Waals surface area (Å²) in [5.74, 6) is 0.766. The minimum absolute atomic E-state index is 0.00225. The Labute approximate surface area is 96.2 Å². The normalized spacial score (nSPS) is 13.5. The van der Waals surface area contributed by atoms with Crippen LogP contribution >= 0.6 is 0 Å². The van der Waals surface area contributed by atoms with E-state index in [9.17, 15) is 4.79 Å². The molecule has 0 fully saturated rings. The highest BCUT2D eigenvalue weighted by Crippen LogP contribution is 2.13. The Morgan fingerprint density at radius 1 is 1.62 bits per heavy atom. The summed E-state index contributed by atoms with van der Waals surface area (Å²) < 4.78 is 5.20. The zero-order valence-corrected chi connectivity index (χ0v) is 10.1. The van der Waals surface area contributed by atoms with Gasteiger partial charge in [-0.05, 0) is 39.3 Å². The van der Waals surface area contributed by atoms with Gasteiger partial charge in [-0.25, -0.2) is 0 Å². The second-order valence-electron chi connectivity index (χ2n) is 4.79. The van der Waals surface area contributed by atoms with Gasteiger partial charge in [0.25, 0.3) is 0 Å². The van der Waals surface area contributed by atoms with Crippen molar-refractivity contribution in [1.29, 1.82) is 0 Å². The van der Waals surface area contributed by atoms with E-state index < -0.39 is 0 Å². The Bertz CT molecular complexity index is 325. The summed E-state index contributed by atoms with van der Waals surface area (Å²) in [6.07, 6.45) is 2.71. The predicted molar refractivity (Wildman–Crippen MR) is 62.8 cm³/mol. The third-order valence-corrected chi connectivity index (χ3v) is 2.34. The molecule has 1 aromatic heterocycles. The van der Waals surface area contributed by atoms with Crippen molar-refractivity contribution in [1.82, 2.24) is 5.32 Å². The Kier molecular flexibility index (Phi) is 4.12. The van der Waals surface area contributed by atoms with Gasteiger partial charge in [-0.1, -0.05) is 0 Å². The monoisotopic (exact) mass is 224 g/mol. The summed E-state index contributed by atoms with van der Waals surface area (Å²) in [5, 5.41) is 2.87. The highest BCUT2D eigenvalue weighted by Gasteiger charge is 2.15. The Hall–Kier alpha value is -1.29. The Morgan fingerprint density at radius 3 is 2.81 bits per heavy atom. The number of carbonyl (C=O) groups is 1. The molecular weight excluding hydrogens is 204 g/mol. The van der Waals surface area contributed by atoms with Gasteiger partial charge >= 0.3 is 0 Å². The second kappa shape index (κ2) is 5.16. The zero-order valence-electron chi connectivity index (χ0n) is 10.1. The highest BCUT2D eigenvalue weighted by atomic mass is 16.3. The molecule has 0 radical (unpaired) electrons. The molecular formula is C12H20N2O2. The molecule has 16 heavy (non-hydrogen) atoms. The number of hydrogen-bond acceptors (Lipinski definition) is 3. The van der Waals surface area contributed by atoms with Gasteiger partial charge in [-0.3, -0.25) is 4.79 Å². The molecule has 1 rings (SSSR count). The highest BCUT2D eigenvalue weighted by molar-refractivity contribution is 5.76. The molecule has 0 bridgehead atoms. The fraction of sp³-hybridized carbons (Fsp3) is 0.583. The van der Waals surface area contributed by atoms with Crippen LogP contribution in [0, 0.1) is 0 Å². The molecule has 3 N–H and O–H groups in total. The van der Waals surface area contributed by atoms with E-state index in [2.05, 4.69) is 5.32 Å². The molecule has 0 aromatic carbocycles. The summed E-state index contributed by atoms with van der Waals surface area (Å²) >= 11 is 0. The van der Waals surface area contributed by atoms with Crippen molar-refractivity contribution in [3.8, 4) is 0 Å². The Balaban J connectivity index is 2.35. The second-order valence-corrected chi connectivity index (χ2v) is 4.79. The minimum Gasteiger partial charge on any atom is -0.467 e.